The van der Waals surface area contributed by atoms with Gasteiger partial charge in [0.2, 0.25) is 11.8 Å². The summed E-state index contributed by atoms with van der Waals surface area (Å²) < 4.78 is 0. The predicted octanol–water partition coefficient (Wildman–Crippen LogP) is 2.31. The molecule has 0 bridgehead atoms. The van der Waals surface area contributed by atoms with Crippen molar-refractivity contribution in [1.82, 2.24) is 20.4 Å². The number of carbonyl (C=O) groups excluding carboxylic acids is 2. The smallest absolute Gasteiger partial charge is 0.225 e. The van der Waals surface area contributed by atoms with Gasteiger partial charge in [-0.3, -0.25) is 14.6 Å². The van der Waals surface area contributed by atoms with Gasteiger partial charge in [0.15, 0.2) is 5.96 Å². The van der Waals surface area contributed by atoms with Gasteiger partial charge in [0.1, 0.15) is 0 Å². The Morgan fingerprint density at radius 2 is 1.84 bits per heavy atom. The van der Waals surface area contributed by atoms with E-state index < -0.39 is 0 Å². The van der Waals surface area contributed by atoms with Gasteiger partial charge in [0, 0.05) is 58.2 Å². The van der Waals surface area contributed by atoms with Crippen molar-refractivity contribution in [2.45, 2.75) is 64.0 Å². The standard InChI is InChI=1S/C25H37N5O2/c1-26-25(28-22-13-16-30(18-22)24(32)20-8-3-4-9-20)27-14-6-11-23(31)29-15-12-19-7-2-5-10-21(19)17-29/h2,5,7,10,20,22H,3-4,6,8-9,11-18H2,1H3,(H2,26,27,28). The Morgan fingerprint density at radius 1 is 1.06 bits per heavy atom. The highest BCUT2D eigenvalue weighted by molar-refractivity contribution is 5.81. The Bertz CT molecular complexity index is 833. The number of likely N-dealkylation sites (tertiary alicyclic amines) is 1. The molecular weight excluding hydrogens is 402 g/mol. The summed E-state index contributed by atoms with van der Waals surface area (Å²) in [5.74, 6) is 1.57. The third kappa shape index (κ3) is 5.61. The highest BCUT2D eigenvalue weighted by Crippen LogP contribution is 2.27. The van der Waals surface area contributed by atoms with Crippen molar-refractivity contribution in [1.29, 1.82) is 0 Å². The van der Waals surface area contributed by atoms with E-state index in [1.165, 1.54) is 24.0 Å². The summed E-state index contributed by atoms with van der Waals surface area (Å²) in [6, 6.07) is 8.63. The SMILES string of the molecule is CN=C(NCCCC(=O)N1CCc2ccccc2C1)NC1CCN(C(=O)C2CCCC2)C1. The minimum absolute atomic E-state index is 0.223. The molecule has 2 amide bonds. The molecule has 2 fully saturated rings. The summed E-state index contributed by atoms with van der Waals surface area (Å²) in [7, 11) is 1.77. The van der Waals surface area contributed by atoms with Crippen molar-refractivity contribution in [2.75, 3.05) is 33.2 Å². The molecule has 1 aromatic carbocycles. The molecule has 4 rings (SSSR count). The molecule has 2 aliphatic heterocycles. The van der Waals surface area contributed by atoms with Gasteiger partial charge in [-0.2, -0.15) is 0 Å². The zero-order valence-electron chi connectivity index (χ0n) is 19.3. The highest BCUT2D eigenvalue weighted by Gasteiger charge is 2.32. The van der Waals surface area contributed by atoms with E-state index in [9.17, 15) is 9.59 Å². The molecule has 2 N–H and O–H groups in total. The van der Waals surface area contributed by atoms with Crippen LogP contribution in [0.4, 0.5) is 0 Å². The van der Waals surface area contributed by atoms with E-state index in [-0.39, 0.29) is 17.9 Å². The number of guanidine groups is 1. The lowest BCUT2D eigenvalue weighted by molar-refractivity contribution is -0.134. The fourth-order valence-electron chi connectivity index (χ4n) is 5.21. The van der Waals surface area contributed by atoms with Crippen LogP contribution in [0.5, 0.6) is 0 Å². The second-order valence-corrected chi connectivity index (χ2v) is 9.33. The first-order valence-electron chi connectivity index (χ1n) is 12.2. The van der Waals surface area contributed by atoms with Gasteiger partial charge in [-0.1, -0.05) is 37.1 Å². The number of hydrogen-bond donors (Lipinski definition) is 2. The summed E-state index contributed by atoms with van der Waals surface area (Å²) in [5.41, 5.74) is 2.63. The van der Waals surface area contributed by atoms with Crippen molar-refractivity contribution < 1.29 is 9.59 Å². The molecule has 7 heteroatoms. The largest absolute Gasteiger partial charge is 0.356 e. The average molecular weight is 440 g/mol. The van der Waals surface area contributed by atoms with Crippen molar-refractivity contribution in [2.24, 2.45) is 10.9 Å². The molecule has 32 heavy (non-hydrogen) atoms. The molecule has 1 aliphatic carbocycles. The molecule has 0 spiro atoms. The predicted molar refractivity (Wildman–Crippen MR) is 126 cm³/mol. The number of nitrogens with one attached hydrogen (secondary N) is 2. The molecule has 1 saturated heterocycles. The highest BCUT2D eigenvalue weighted by atomic mass is 16.2. The minimum atomic E-state index is 0.223. The quantitative estimate of drug-likeness (QED) is 0.405. The molecule has 7 nitrogen and oxygen atoms in total. The summed E-state index contributed by atoms with van der Waals surface area (Å²) in [5, 5.41) is 6.79. The van der Waals surface area contributed by atoms with Crippen molar-refractivity contribution >= 4 is 17.8 Å². The summed E-state index contributed by atoms with van der Waals surface area (Å²) in [6.07, 6.45) is 7.70. The Hall–Kier alpha value is -2.57. The Balaban J connectivity index is 1.14. The lowest BCUT2D eigenvalue weighted by atomic mass is 9.99. The number of carbonyl (C=O) groups is 2. The number of rotatable bonds is 6. The molecule has 1 unspecified atom stereocenters. The number of amides is 2. The van der Waals surface area contributed by atoms with Crippen molar-refractivity contribution in [3.05, 3.63) is 35.4 Å². The van der Waals surface area contributed by atoms with E-state index in [0.717, 1.165) is 64.2 Å². The van der Waals surface area contributed by atoms with Crippen LogP contribution in [0.3, 0.4) is 0 Å². The van der Waals surface area contributed by atoms with Gasteiger partial charge in [0.05, 0.1) is 0 Å². The Labute approximate surface area is 191 Å². The molecule has 0 aromatic heterocycles. The molecule has 174 valence electrons. The van der Waals surface area contributed by atoms with Gasteiger partial charge in [0.25, 0.3) is 0 Å². The lowest BCUT2D eigenvalue weighted by Crippen LogP contribution is -2.45. The van der Waals surface area contributed by atoms with Crippen LogP contribution in [0.25, 0.3) is 0 Å². The molecule has 2 heterocycles. The van der Waals surface area contributed by atoms with Crippen LogP contribution in [0.1, 0.15) is 56.1 Å². The molecule has 1 atom stereocenters. The van der Waals surface area contributed by atoms with E-state index in [2.05, 4.69) is 33.8 Å². The third-order valence-corrected chi connectivity index (χ3v) is 7.11. The van der Waals surface area contributed by atoms with Crippen LogP contribution in [-0.2, 0) is 22.6 Å². The van der Waals surface area contributed by atoms with Gasteiger partial charge < -0.3 is 20.4 Å². The van der Waals surface area contributed by atoms with Crippen LogP contribution >= 0.6 is 0 Å². The first-order valence-corrected chi connectivity index (χ1v) is 12.2. The lowest BCUT2D eigenvalue weighted by Gasteiger charge is -2.29. The van der Waals surface area contributed by atoms with Gasteiger partial charge in [-0.15, -0.1) is 0 Å². The summed E-state index contributed by atoms with van der Waals surface area (Å²) in [4.78, 5) is 33.6. The molecule has 0 radical (unpaired) electrons. The fraction of sp³-hybridized carbons (Fsp3) is 0.640. The first kappa shape index (κ1) is 22.6. The number of aliphatic imine (C=N–C) groups is 1. The van der Waals surface area contributed by atoms with Crippen molar-refractivity contribution in [3.63, 3.8) is 0 Å². The second-order valence-electron chi connectivity index (χ2n) is 9.33. The third-order valence-electron chi connectivity index (χ3n) is 7.11. The molecule has 1 aromatic rings. The van der Waals surface area contributed by atoms with Crippen LogP contribution < -0.4 is 10.6 Å². The maximum absolute atomic E-state index is 12.6. The number of benzene rings is 1. The molecular formula is C25H37N5O2. The van der Waals surface area contributed by atoms with E-state index >= 15 is 0 Å². The summed E-state index contributed by atoms with van der Waals surface area (Å²) in [6.45, 7) is 3.82. The van der Waals surface area contributed by atoms with Gasteiger partial charge in [-0.25, -0.2) is 0 Å². The number of hydrogen-bond acceptors (Lipinski definition) is 3. The summed E-state index contributed by atoms with van der Waals surface area (Å²) >= 11 is 0. The maximum Gasteiger partial charge on any atom is 0.225 e. The minimum Gasteiger partial charge on any atom is -0.356 e. The van der Waals surface area contributed by atoms with Gasteiger partial charge >= 0.3 is 0 Å². The van der Waals surface area contributed by atoms with E-state index in [0.29, 0.717) is 18.9 Å². The van der Waals surface area contributed by atoms with E-state index in [1.54, 1.807) is 7.05 Å². The first-order chi connectivity index (χ1) is 15.6. The molecule has 1 saturated carbocycles. The van der Waals surface area contributed by atoms with Crippen LogP contribution in [0.15, 0.2) is 29.3 Å². The van der Waals surface area contributed by atoms with Crippen LogP contribution in [0.2, 0.25) is 0 Å². The zero-order chi connectivity index (χ0) is 22.3. The maximum atomic E-state index is 12.6. The topological polar surface area (TPSA) is 77.0 Å². The second kappa shape index (κ2) is 10.8. The Kier molecular flexibility index (Phi) is 7.66. The number of nitrogens with zero attached hydrogens (tertiary/aromatic N) is 3. The number of fused-ring (bicyclic) bond motifs is 1. The van der Waals surface area contributed by atoms with Crippen LogP contribution in [-0.4, -0.2) is 66.8 Å². The van der Waals surface area contributed by atoms with Crippen LogP contribution in [0, 0.1) is 5.92 Å². The zero-order valence-corrected chi connectivity index (χ0v) is 19.3. The Morgan fingerprint density at radius 3 is 2.62 bits per heavy atom. The fourth-order valence-corrected chi connectivity index (χ4v) is 5.21. The monoisotopic (exact) mass is 439 g/mol. The van der Waals surface area contributed by atoms with Crippen molar-refractivity contribution in [3.8, 4) is 0 Å². The molecule has 3 aliphatic rings. The normalized spacial score (nSPS) is 21.5. The van der Waals surface area contributed by atoms with Gasteiger partial charge in [-0.05, 0) is 43.2 Å². The average Bonchev–Trinajstić information content (AvgIpc) is 3.52. The van der Waals surface area contributed by atoms with E-state index in [4.69, 9.17) is 0 Å². The van der Waals surface area contributed by atoms with E-state index in [1.807, 2.05) is 15.9 Å².